The van der Waals surface area contributed by atoms with E-state index in [0.29, 0.717) is 22.9 Å². The summed E-state index contributed by atoms with van der Waals surface area (Å²) in [5.41, 5.74) is 2.49. The molecule has 0 fully saturated rings. The molecular formula is C14H12ClN3O. The first-order valence-electron chi connectivity index (χ1n) is 6.04. The van der Waals surface area contributed by atoms with E-state index in [1.807, 2.05) is 13.0 Å². The first-order chi connectivity index (χ1) is 9.15. The van der Waals surface area contributed by atoms with E-state index in [4.69, 9.17) is 11.6 Å². The van der Waals surface area contributed by atoms with E-state index >= 15 is 0 Å². The number of nitrogens with zero attached hydrogens (tertiary/aromatic N) is 3. The fourth-order valence-corrected chi connectivity index (χ4v) is 2.45. The van der Waals surface area contributed by atoms with Crippen LogP contribution in [0.1, 0.15) is 21.6 Å². The van der Waals surface area contributed by atoms with Crippen LogP contribution in [-0.2, 0) is 6.42 Å². The van der Waals surface area contributed by atoms with Crippen LogP contribution in [0.4, 0.5) is 5.82 Å². The Balaban J connectivity index is 2.00. The number of hydrogen-bond acceptors (Lipinski definition) is 3. The largest absolute Gasteiger partial charge is 0.291 e. The number of rotatable bonds is 1. The molecule has 0 atom stereocenters. The van der Waals surface area contributed by atoms with Crippen LogP contribution in [0.3, 0.4) is 0 Å². The van der Waals surface area contributed by atoms with E-state index in [9.17, 15) is 4.79 Å². The van der Waals surface area contributed by atoms with Crippen molar-refractivity contribution in [1.82, 2.24) is 9.97 Å². The number of halogens is 1. The van der Waals surface area contributed by atoms with E-state index in [2.05, 4.69) is 9.97 Å². The van der Waals surface area contributed by atoms with Gasteiger partial charge in [-0.2, -0.15) is 0 Å². The van der Waals surface area contributed by atoms with Crippen LogP contribution in [-0.4, -0.2) is 22.4 Å². The average Bonchev–Trinajstić information content (AvgIpc) is 2.39. The van der Waals surface area contributed by atoms with Gasteiger partial charge in [0.05, 0.1) is 11.9 Å². The van der Waals surface area contributed by atoms with Crippen LogP contribution < -0.4 is 4.90 Å². The summed E-state index contributed by atoms with van der Waals surface area (Å²) in [6, 6.07) is 5.37. The maximum absolute atomic E-state index is 12.5. The van der Waals surface area contributed by atoms with Crippen molar-refractivity contribution >= 4 is 23.3 Å². The lowest BCUT2D eigenvalue weighted by Gasteiger charge is -2.27. The minimum absolute atomic E-state index is 0.0437. The highest BCUT2D eigenvalue weighted by molar-refractivity contribution is 6.30. The summed E-state index contributed by atoms with van der Waals surface area (Å²) in [5, 5.41) is 0.662. The molecule has 0 spiro atoms. The summed E-state index contributed by atoms with van der Waals surface area (Å²) >= 11 is 5.95. The Kier molecular flexibility index (Phi) is 2.95. The zero-order valence-electron chi connectivity index (χ0n) is 10.4. The van der Waals surface area contributed by atoms with Gasteiger partial charge in [0.25, 0.3) is 5.91 Å². The highest BCUT2D eigenvalue weighted by Crippen LogP contribution is 2.25. The van der Waals surface area contributed by atoms with Gasteiger partial charge in [0.1, 0.15) is 0 Å². The van der Waals surface area contributed by atoms with Gasteiger partial charge in [-0.15, -0.1) is 0 Å². The number of hydrogen-bond donors (Lipinski definition) is 0. The molecule has 1 aromatic heterocycles. The molecule has 2 aromatic rings. The lowest BCUT2D eigenvalue weighted by Crippen LogP contribution is -2.38. The van der Waals surface area contributed by atoms with Crippen LogP contribution in [0.2, 0.25) is 5.02 Å². The fourth-order valence-electron chi connectivity index (χ4n) is 2.26. The Morgan fingerprint density at radius 2 is 2.16 bits per heavy atom. The third-order valence-corrected chi connectivity index (χ3v) is 3.40. The monoisotopic (exact) mass is 273 g/mol. The second-order valence-corrected chi connectivity index (χ2v) is 4.96. The van der Waals surface area contributed by atoms with Gasteiger partial charge in [0, 0.05) is 23.3 Å². The molecule has 1 amide bonds. The van der Waals surface area contributed by atoms with Gasteiger partial charge in [-0.1, -0.05) is 11.6 Å². The maximum atomic E-state index is 12.5. The van der Waals surface area contributed by atoms with Gasteiger partial charge < -0.3 is 0 Å². The lowest BCUT2D eigenvalue weighted by molar-refractivity contribution is 0.0980. The normalized spacial score (nSPS) is 14.4. The molecule has 0 bridgehead atoms. The molecule has 1 aromatic carbocycles. The van der Waals surface area contributed by atoms with E-state index in [1.165, 1.54) is 0 Å². The van der Waals surface area contributed by atoms with E-state index in [0.717, 1.165) is 17.7 Å². The molecule has 0 N–H and O–H groups in total. The quantitative estimate of drug-likeness (QED) is 0.802. The summed E-state index contributed by atoms with van der Waals surface area (Å²) < 4.78 is 0. The highest BCUT2D eigenvalue weighted by Gasteiger charge is 2.26. The first kappa shape index (κ1) is 12.1. The molecule has 0 saturated carbocycles. The van der Waals surface area contributed by atoms with Gasteiger partial charge in [0.2, 0.25) is 0 Å². The molecule has 96 valence electrons. The summed E-state index contributed by atoms with van der Waals surface area (Å²) in [5.74, 6) is 0.559. The van der Waals surface area contributed by atoms with Crippen LogP contribution in [0, 0.1) is 6.92 Å². The minimum atomic E-state index is -0.0437. The van der Waals surface area contributed by atoms with Crippen LogP contribution in [0.25, 0.3) is 0 Å². The number of carbonyl (C=O) groups is 1. The van der Waals surface area contributed by atoms with E-state index in [1.54, 1.807) is 29.4 Å². The Hall–Kier alpha value is -1.94. The van der Waals surface area contributed by atoms with Gasteiger partial charge in [-0.3, -0.25) is 14.7 Å². The molecule has 0 unspecified atom stereocenters. The molecule has 4 nitrogen and oxygen atoms in total. The van der Waals surface area contributed by atoms with Gasteiger partial charge in [-0.25, -0.2) is 4.98 Å². The summed E-state index contributed by atoms with van der Waals surface area (Å²) in [7, 11) is 0. The Morgan fingerprint density at radius 1 is 1.32 bits per heavy atom. The van der Waals surface area contributed by atoms with Crippen LogP contribution >= 0.6 is 11.6 Å². The lowest BCUT2D eigenvalue weighted by atomic mass is 9.99. The number of fused-ring (bicyclic) bond motifs is 1. The predicted octanol–water partition coefficient (Wildman–Crippen LogP) is 2.64. The van der Waals surface area contributed by atoms with Crippen molar-refractivity contribution in [2.45, 2.75) is 13.3 Å². The molecule has 0 aliphatic carbocycles. The number of benzene rings is 1. The van der Waals surface area contributed by atoms with Crippen molar-refractivity contribution in [2.24, 2.45) is 0 Å². The maximum Gasteiger partial charge on any atom is 0.259 e. The van der Waals surface area contributed by atoms with Crippen molar-refractivity contribution in [1.29, 1.82) is 0 Å². The third-order valence-electron chi connectivity index (χ3n) is 3.17. The molecule has 0 radical (unpaired) electrons. The molecule has 0 saturated heterocycles. The second-order valence-electron chi connectivity index (χ2n) is 4.53. The highest BCUT2D eigenvalue weighted by atomic mass is 35.5. The fraction of sp³-hybridized carbons (Fsp3) is 0.214. The Bertz CT molecular complexity index is 657. The molecule has 19 heavy (non-hydrogen) atoms. The number of anilines is 1. The molecule has 1 aliphatic rings. The molecule has 2 heterocycles. The van der Waals surface area contributed by atoms with Gasteiger partial charge in [-0.05, 0) is 37.1 Å². The summed E-state index contributed by atoms with van der Waals surface area (Å²) in [6.45, 7) is 2.46. The zero-order valence-corrected chi connectivity index (χ0v) is 11.2. The van der Waals surface area contributed by atoms with Crippen molar-refractivity contribution in [3.05, 3.63) is 52.4 Å². The Labute approximate surface area is 116 Å². The van der Waals surface area contributed by atoms with Gasteiger partial charge in [0.15, 0.2) is 5.82 Å². The van der Waals surface area contributed by atoms with Crippen molar-refractivity contribution in [3.8, 4) is 0 Å². The SMILES string of the molecule is Cc1cncc(N2CCc3cc(Cl)ccc3C2=O)n1. The van der Waals surface area contributed by atoms with Crippen molar-refractivity contribution in [2.75, 3.05) is 11.4 Å². The minimum Gasteiger partial charge on any atom is -0.291 e. The average molecular weight is 274 g/mol. The second kappa shape index (κ2) is 4.63. The van der Waals surface area contributed by atoms with E-state index in [-0.39, 0.29) is 5.91 Å². The molecule has 5 heteroatoms. The topological polar surface area (TPSA) is 46.1 Å². The van der Waals surface area contributed by atoms with Gasteiger partial charge >= 0.3 is 0 Å². The number of aromatic nitrogens is 2. The van der Waals surface area contributed by atoms with Crippen molar-refractivity contribution in [3.63, 3.8) is 0 Å². The molecular weight excluding hydrogens is 262 g/mol. The molecule has 1 aliphatic heterocycles. The van der Waals surface area contributed by atoms with Crippen molar-refractivity contribution < 1.29 is 4.79 Å². The number of carbonyl (C=O) groups excluding carboxylic acids is 1. The summed E-state index contributed by atoms with van der Waals surface area (Å²) in [6.07, 6.45) is 4.06. The molecule has 3 rings (SSSR count). The third kappa shape index (κ3) is 2.19. The standard InChI is InChI=1S/C14H12ClN3O/c1-9-7-16-8-13(17-9)18-5-4-10-6-11(15)2-3-12(10)14(18)19/h2-3,6-8H,4-5H2,1H3. The van der Waals surface area contributed by atoms with Crippen LogP contribution in [0.5, 0.6) is 0 Å². The smallest absolute Gasteiger partial charge is 0.259 e. The predicted molar refractivity (Wildman–Crippen MR) is 73.6 cm³/mol. The van der Waals surface area contributed by atoms with E-state index < -0.39 is 0 Å². The number of amides is 1. The zero-order chi connectivity index (χ0) is 13.4. The van der Waals surface area contributed by atoms with Crippen LogP contribution in [0.15, 0.2) is 30.6 Å². The number of aryl methyl sites for hydroxylation is 1. The first-order valence-corrected chi connectivity index (χ1v) is 6.42. The Morgan fingerprint density at radius 3 is 2.95 bits per heavy atom. The summed E-state index contributed by atoms with van der Waals surface area (Å²) in [4.78, 5) is 22.6.